The highest BCUT2D eigenvalue weighted by Gasteiger charge is 2.37. The van der Waals surface area contributed by atoms with Gasteiger partial charge in [0.05, 0.1) is 5.56 Å². The van der Waals surface area contributed by atoms with E-state index in [1.807, 2.05) is 12.1 Å². The van der Waals surface area contributed by atoms with E-state index in [0.29, 0.717) is 11.0 Å². The Morgan fingerprint density at radius 3 is 2.86 bits per heavy atom. The maximum absolute atomic E-state index is 11.7. The van der Waals surface area contributed by atoms with E-state index in [2.05, 4.69) is 23.2 Å². The van der Waals surface area contributed by atoms with Crippen LogP contribution in [0, 0.1) is 12.3 Å². The van der Waals surface area contributed by atoms with Crippen molar-refractivity contribution in [2.45, 2.75) is 32.6 Å². The van der Waals surface area contributed by atoms with Gasteiger partial charge in [-0.15, -0.1) is 0 Å². The highest BCUT2D eigenvalue weighted by Crippen LogP contribution is 2.38. The molecule has 2 saturated heterocycles. The fraction of sp³-hybridized carbons (Fsp3) is 0.588. The molecule has 0 aromatic heterocycles. The fourth-order valence-electron chi connectivity index (χ4n) is 3.90. The lowest BCUT2D eigenvalue weighted by Gasteiger charge is -2.46. The number of hydrogen-bond donors (Lipinski definition) is 2. The van der Waals surface area contributed by atoms with E-state index in [1.54, 1.807) is 0 Å². The molecule has 3 N–H and O–H groups in total. The molecule has 1 amide bonds. The number of piperidine rings is 2. The summed E-state index contributed by atoms with van der Waals surface area (Å²) in [6, 6.07) is 5.94. The number of nitrogens with zero attached hydrogens (tertiary/aromatic N) is 1. The molecule has 2 fully saturated rings. The Bertz CT molecular complexity index is 529. The van der Waals surface area contributed by atoms with Crippen LogP contribution in [0.5, 0.6) is 0 Å². The molecule has 0 radical (unpaired) electrons. The molecule has 1 aromatic rings. The normalized spacial score (nSPS) is 26.0. The Balaban J connectivity index is 1.89. The second-order valence-electron chi connectivity index (χ2n) is 6.69. The third-order valence-electron chi connectivity index (χ3n) is 4.98. The minimum Gasteiger partial charge on any atom is -0.370 e. The first kappa shape index (κ1) is 14.4. The lowest BCUT2D eigenvalue weighted by Crippen LogP contribution is -2.51. The number of hydrogen-bond acceptors (Lipinski definition) is 3. The van der Waals surface area contributed by atoms with Crippen molar-refractivity contribution in [3.05, 3.63) is 29.3 Å². The minimum atomic E-state index is -0.327. The van der Waals surface area contributed by atoms with Crippen LogP contribution in [0.15, 0.2) is 18.2 Å². The minimum absolute atomic E-state index is 0.327. The highest BCUT2D eigenvalue weighted by molar-refractivity contribution is 5.98. The lowest BCUT2D eigenvalue weighted by molar-refractivity contribution is 0.1000. The number of nitrogens with two attached hydrogens (primary N) is 1. The van der Waals surface area contributed by atoms with Gasteiger partial charge in [-0.2, -0.15) is 0 Å². The van der Waals surface area contributed by atoms with Crippen LogP contribution in [0.1, 0.15) is 41.6 Å². The summed E-state index contributed by atoms with van der Waals surface area (Å²) in [6.07, 6.45) is 5.01. The number of amides is 1. The van der Waals surface area contributed by atoms with Crippen molar-refractivity contribution >= 4 is 11.6 Å². The predicted molar refractivity (Wildman–Crippen MR) is 85.7 cm³/mol. The molecule has 0 bridgehead atoms. The van der Waals surface area contributed by atoms with E-state index in [0.717, 1.165) is 31.9 Å². The molecule has 4 nitrogen and oxygen atoms in total. The molecule has 1 aromatic carbocycles. The lowest BCUT2D eigenvalue weighted by atomic mass is 9.74. The zero-order valence-electron chi connectivity index (χ0n) is 12.8. The summed E-state index contributed by atoms with van der Waals surface area (Å²) in [5.74, 6) is -0.327. The van der Waals surface area contributed by atoms with E-state index in [-0.39, 0.29) is 5.91 Å². The number of aryl methyl sites for hydroxylation is 1. The average Bonchev–Trinajstić information content (AvgIpc) is 2.47. The molecule has 2 heterocycles. The monoisotopic (exact) mass is 287 g/mol. The SMILES string of the molecule is Cc1ccc(C(N)=O)c(N2CCCC3(CCCNC3)C2)c1. The Hall–Kier alpha value is -1.55. The molecule has 2 aliphatic heterocycles. The predicted octanol–water partition coefficient (Wildman–Crippen LogP) is 2.06. The van der Waals surface area contributed by atoms with Crippen molar-refractivity contribution in [1.29, 1.82) is 0 Å². The van der Waals surface area contributed by atoms with Crippen LogP contribution in [0.4, 0.5) is 5.69 Å². The van der Waals surface area contributed by atoms with Gasteiger partial charge in [-0.25, -0.2) is 0 Å². The molecule has 0 aliphatic carbocycles. The quantitative estimate of drug-likeness (QED) is 0.875. The van der Waals surface area contributed by atoms with Crippen LogP contribution >= 0.6 is 0 Å². The second kappa shape index (κ2) is 5.68. The van der Waals surface area contributed by atoms with Crippen LogP contribution in [-0.2, 0) is 0 Å². The summed E-state index contributed by atoms with van der Waals surface area (Å²) < 4.78 is 0. The molecule has 1 atom stereocenters. The zero-order chi connectivity index (χ0) is 14.9. The number of primary amides is 1. The molecule has 1 unspecified atom stereocenters. The van der Waals surface area contributed by atoms with Gasteiger partial charge in [0.15, 0.2) is 0 Å². The van der Waals surface area contributed by atoms with Gasteiger partial charge < -0.3 is 16.0 Å². The number of rotatable bonds is 2. The summed E-state index contributed by atoms with van der Waals surface area (Å²) in [5, 5.41) is 3.55. The number of benzene rings is 1. The second-order valence-corrected chi connectivity index (χ2v) is 6.69. The van der Waals surface area contributed by atoms with E-state index in [1.165, 1.54) is 31.2 Å². The topological polar surface area (TPSA) is 58.4 Å². The molecule has 0 saturated carbocycles. The maximum atomic E-state index is 11.7. The number of nitrogens with one attached hydrogen (secondary N) is 1. The van der Waals surface area contributed by atoms with Gasteiger partial charge in [-0.05, 0) is 56.8 Å². The maximum Gasteiger partial charge on any atom is 0.250 e. The van der Waals surface area contributed by atoms with Crippen molar-refractivity contribution in [3.63, 3.8) is 0 Å². The average molecular weight is 287 g/mol. The van der Waals surface area contributed by atoms with Crippen LogP contribution < -0.4 is 16.0 Å². The van der Waals surface area contributed by atoms with Crippen molar-refractivity contribution in [3.8, 4) is 0 Å². The van der Waals surface area contributed by atoms with E-state index >= 15 is 0 Å². The fourth-order valence-corrected chi connectivity index (χ4v) is 3.90. The first-order valence-electron chi connectivity index (χ1n) is 7.96. The molecular weight excluding hydrogens is 262 g/mol. The Morgan fingerprint density at radius 2 is 2.14 bits per heavy atom. The first-order valence-corrected chi connectivity index (χ1v) is 7.96. The van der Waals surface area contributed by atoms with Crippen molar-refractivity contribution in [2.75, 3.05) is 31.1 Å². The third-order valence-corrected chi connectivity index (χ3v) is 4.98. The van der Waals surface area contributed by atoms with Crippen LogP contribution in [-0.4, -0.2) is 32.1 Å². The molecule has 2 aliphatic rings. The molecule has 3 rings (SSSR count). The molecule has 21 heavy (non-hydrogen) atoms. The van der Waals surface area contributed by atoms with Gasteiger partial charge in [0.25, 0.3) is 5.91 Å². The van der Waals surface area contributed by atoms with Gasteiger partial charge >= 0.3 is 0 Å². The summed E-state index contributed by atoms with van der Waals surface area (Å²) in [6.45, 7) is 6.35. The summed E-state index contributed by atoms with van der Waals surface area (Å²) in [5.41, 5.74) is 8.79. The van der Waals surface area contributed by atoms with Crippen LogP contribution in [0.3, 0.4) is 0 Å². The summed E-state index contributed by atoms with van der Waals surface area (Å²) in [4.78, 5) is 14.1. The number of carbonyl (C=O) groups excluding carboxylic acids is 1. The Morgan fingerprint density at radius 1 is 1.33 bits per heavy atom. The standard InChI is InChI=1S/C17H25N3O/c1-13-4-5-14(16(18)21)15(10-13)20-9-3-7-17(12-20)6-2-8-19-11-17/h4-5,10,19H,2-3,6-9,11-12H2,1H3,(H2,18,21). The highest BCUT2D eigenvalue weighted by atomic mass is 16.1. The van der Waals surface area contributed by atoms with Crippen molar-refractivity contribution in [1.82, 2.24) is 5.32 Å². The molecule has 4 heteroatoms. The van der Waals surface area contributed by atoms with E-state index < -0.39 is 0 Å². The van der Waals surface area contributed by atoms with Gasteiger partial charge in [0.2, 0.25) is 0 Å². The number of anilines is 1. The van der Waals surface area contributed by atoms with E-state index in [4.69, 9.17) is 5.73 Å². The summed E-state index contributed by atoms with van der Waals surface area (Å²) in [7, 11) is 0. The van der Waals surface area contributed by atoms with E-state index in [9.17, 15) is 4.79 Å². The van der Waals surface area contributed by atoms with Crippen LogP contribution in [0.2, 0.25) is 0 Å². The number of carbonyl (C=O) groups is 1. The Kier molecular flexibility index (Phi) is 3.89. The van der Waals surface area contributed by atoms with Crippen LogP contribution in [0.25, 0.3) is 0 Å². The van der Waals surface area contributed by atoms with Crippen molar-refractivity contribution < 1.29 is 4.79 Å². The van der Waals surface area contributed by atoms with Gasteiger partial charge in [0.1, 0.15) is 0 Å². The van der Waals surface area contributed by atoms with Gasteiger partial charge in [-0.1, -0.05) is 6.07 Å². The zero-order valence-corrected chi connectivity index (χ0v) is 12.8. The molecule has 114 valence electrons. The first-order chi connectivity index (χ1) is 10.1. The third kappa shape index (κ3) is 2.91. The molecular formula is C17H25N3O. The van der Waals surface area contributed by atoms with Crippen molar-refractivity contribution in [2.24, 2.45) is 11.1 Å². The smallest absolute Gasteiger partial charge is 0.250 e. The Labute approximate surface area is 126 Å². The van der Waals surface area contributed by atoms with Gasteiger partial charge in [0, 0.05) is 30.7 Å². The largest absolute Gasteiger partial charge is 0.370 e. The van der Waals surface area contributed by atoms with Gasteiger partial charge in [-0.3, -0.25) is 4.79 Å². The summed E-state index contributed by atoms with van der Waals surface area (Å²) >= 11 is 0. The molecule has 1 spiro atoms.